The van der Waals surface area contributed by atoms with Gasteiger partial charge in [-0.25, -0.2) is 0 Å². The van der Waals surface area contributed by atoms with Crippen molar-refractivity contribution in [2.75, 3.05) is 32.8 Å². The number of ether oxygens (including phenoxy) is 1. The van der Waals surface area contributed by atoms with E-state index in [-0.39, 0.29) is 42.9 Å². The predicted molar refractivity (Wildman–Crippen MR) is 109 cm³/mol. The molecule has 0 aliphatic carbocycles. The fourth-order valence-electron chi connectivity index (χ4n) is 3.61. The second-order valence-corrected chi connectivity index (χ2v) is 6.99. The van der Waals surface area contributed by atoms with Crippen LogP contribution in [0.5, 0.6) is 0 Å². The Labute approximate surface area is 169 Å². The number of nitrogens with one attached hydrogen (secondary N) is 1. The van der Waals surface area contributed by atoms with E-state index in [1.165, 1.54) is 5.56 Å². The average Bonchev–Trinajstić information content (AvgIpc) is 2.58. The second kappa shape index (κ2) is 11.1. The van der Waals surface area contributed by atoms with Gasteiger partial charge in [-0.3, -0.25) is 9.69 Å². The molecule has 3 atom stereocenters. The van der Waals surface area contributed by atoms with Crippen LogP contribution in [0.15, 0.2) is 30.3 Å². The number of nitrogens with zero attached hydrogens (tertiary/aromatic N) is 2. The van der Waals surface area contributed by atoms with Crippen molar-refractivity contribution >= 4 is 30.7 Å². The number of piperazine rings is 1. The highest BCUT2D eigenvalue weighted by Gasteiger charge is 2.31. The van der Waals surface area contributed by atoms with Gasteiger partial charge in [-0.2, -0.15) is 0 Å². The first-order valence-electron chi connectivity index (χ1n) is 9.04. The zero-order valence-corrected chi connectivity index (χ0v) is 17.2. The van der Waals surface area contributed by atoms with E-state index >= 15 is 0 Å². The molecule has 2 aliphatic rings. The molecule has 1 aromatic rings. The molecule has 0 bridgehead atoms. The minimum atomic E-state index is 0. The van der Waals surface area contributed by atoms with Gasteiger partial charge in [-0.1, -0.05) is 30.3 Å². The zero-order chi connectivity index (χ0) is 16.9. The van der Waals surface area contributed by atoms with Gasteiger partial charge in [0.2, 0.25) is 5.91 Å². The summed E-state index contributed by atoms with van der Waals surface area (Å²) in [5, 5.41) is 3.42. The first kappa shape index (κ1) is 23.2. The Morgan fingerprint density at radius 2 is 1.92 bits per heavy atom. The van der Waals surface area contributed by atoms with Crippen LogP contribution in [-0.4, -0.2) is 66.7 Å². The number of amides is 1. The topological polar surface area (TPSA) is 44.8 Å². The fourth-order valence-corrected chi connectivity index (χ4v) is 3.61. The lowest BCUT2D eigenvalue weighted by molar-refractivity contribution is -0.139. The molecule has 7 heteroatoms. The van der Waals surface area contributed by atoms with E-state index in [1.54, 1.807) is 0 Å². The molecule has 5 nitrogen and oxygen atoms in total. The van der Waals surface area contributed by atoms with E-state index in [2.05, 4.69) is 48.3 Å². The van der Waals surface area contributed by atoms with Gasteiger partial charge in [0, 0.05) is 44.8 Å². The van der Waals surface area contributed by atoms with E-state index in [0.29, 0.717) is 19.1 Å². The molecule has 148 valence electrons. The van der Waals surface area contributed by atoms with Gasteiger partial charge in [0.1, 0.15) is 0 Å². The molecule has 3 unspecified atom stereocenters. The third-order valence-corrected chi connectivity index (χ3v) is 5.23. The van der Waals surface area contributed by atoms with Gasteiger partial charge in [-0.15, -0.1) is 24.8 Å². The smallest absolute Gasteiger partial charge is 0.225 e. The number of benzene rings is 1. The Morgan fingerprint density at radius 1 is 1.19 bits per heavy atom. The lowest BCUT2D eigenvalue weighted by atomic mass is 10.1. The molecule has 1 aromatic carbocycles. The number of hydrogen-bond acceptors (Lipinski definition) is 4. The van der Waals surface area contributed by atoms with E-state index in [9.17, 15) is 4.79 Å². The molecule has 2 heterocycles. The summed E-state index contributed by atoms with van der Waals surface area (Å²) in [5.74, 6) is 0.224. The molecule has 2 aliphatic heterocycles. The van der Waals surface area contributed by atoms with Crippen molar-refractivity contribution in [1.29, 1.82) is 0 Å². The van der Waals surface area contributed by atoms with Crippen molar-refractivity contribution in [2.45, 2.75) is 45.0 Å². The minimum Gasteiger partial charge on any atom is -0.375 e. The molecule has 0 spiro atoms. The highest BCUT2D eigenvalue weighted by molar-refractivity contribution is 5.85. The van der Waals surface area contributed by atoms with E-state index in [4.69, 9.17) is 4.74 Å². The van der Waals surface area contributed by atoms with E-state index < -0.39 is 0 Å². The van der Waals surface area contributed by atoms with Crippen molar-refractivity contribution in [3.63, 3.8) is 0 Å². The first-order valence-corrected chi connectivity index (χ1v) is 9.04. The maximum absolute atomic E-state index is 12.7. The number of halogens is 2. The largest absolute Gasteiger partial charge is 0.375 e. The third kappa shape index (κ3) is 6.10. The number of hydrogen-bond donors (Lipinski definition) is 1. The molecular formula is C19H31Cl2N3O2. The highest BCUT2D eigenvalue weighted by atomic mass is 35.5. The van der Waals surface area contributed by atoms with Crippen LogP contribution in [0.25, 0.3) is 0 Å². The highest BCUT2D eigenvalue weighted by Crippen LogP contribution is 2.16. The SMILES string of the molecule is CC1NCCN(C(=O)CC2CN(Cc3ccccc3)CCO2)C1C.Cl.Cl. The number of morpholine rings is 1. The van der Waals surface area contributed by atoms with Crippen LogP contribution in [0.3, 0.4) is 0 Å². The zero-order valence-electron chi connectivity index (χ0n) is 15.6. The maximum atomic E-state index is 12.7. The van der Waals surface area contributed by atoms with Gasteiger partial charge < -0.3 is 15.0 Å². The molecule has 3 rings (SSSR count). The quantitative estimate of drug-likeness (QED) is 0.837. The Hall–Kier alpha value is -0.850. The van der Waals surface area contributed by atoms with E-state index in [0.717, 1.165) is 32.7 Å². The van der Waals surface area contributed by atoms with Crippen LogP contribution >= 0.6 is 24.8 Å². The first-order chi connectivity index (χ1) is 11.6. The van der Waals surface area contributed by atoms with Gasteiger partial charge in [-0.05, 0) is 19.4 Å². The summed E-state index contributed by atoms with van der Waals surface area (Å²) in [6, 6.07) is 11.1. The van der Waals surface area contributed by atoms with Crippen molar-refractivity contribution < 1.29 is 9.53 Å². The molecule has 0 saturated carbocycles. The molecule has 0 radical (unpaired) electrons. The second-order valence-electron chi connectivity index (χ2n) is 6.99. The summed E-state index contributed by atoms with van der Waals surface area (Å²) < 4.78 is 5.86. The number of carbonyl (C=O) groups excluding carboxylic acids is 1. The lowest BCUT2D eigenvalue weighted by Crippen LogP contribution is -2.58. The van der Waals surface area contributed by atoms with Crippen LogP contribution < -0.4 is 5.32 Å². The van der Waals surface area contributed by atoms with Crippen LogP contribution in [0.1, 0.15) is 25.8 Å². The Balaban J connectivity index is 0.00000169. The van der Waals surface area contributed by atoms with Crippen LogP contribution in [0.4, 0.5) is 0 Å². The molecule has 2 saturated heterocycles. The molecule has 26 heavy (non-hydrogen) atoms. The summed E-state index contributed by atoms with van der Waals surface area (Å²) in [6.07, 6.45) is 0.495. The van der Waals surface area contributed by atoms with Gasteiger partial charge >= 0.3 is 0 Å². The van der Waals surface area contributed by atoms with Gasteiger partial charge in [0.05, 0.1) is 19.1 Å². The monoisotopic (exact) mass is 403 g/mol. The Kier molecular flexibility index (Phi) is 9.90. The van der Waals surface area contributed by atoms with Crippen molar-refractivity contribution in [3.05, 3.63) is 35.9 Å². The molecule has 2 fully saturated rings. The summed E-state index contributed by atoms with van der Waals surface area (Å²) in [4.78, 5) is 17.1. The molecule has 1 amide bonds. The molecular weight excluding hydrogens is 373 g/mol. The van der Waals surface area contributed by atoms with Gasteiger partial charge in [0.15, 0.2) is 0 Å². The van der Waals surface area contributed by atoms with Crippen LogP contribution in [-0.2, 0) is 16.1 Å². The van der Waals surface area contributed by atoms with Crippen molar-refractivity contribution in [1.82, 2.24) is 15.1 Å². The Morgan fingerprint density at radius 3 is 2.65 bits per heavy atom. The number of rotatable bonds is 4. The van der Waals surface area contributed by atoms with E-state index in [1.807, 2.05) is 11.0 Å². The average molecular weight is 404 g/mol. The molecule has 0 aromatic heterocycles. The van der Waals surface area contributed by atoms with Gasteiger partial charge in [0.25, 0.3) is 0 Å². The summed E-state index contributed by atoms with van der Waals surface area (Å²) >= 11 is 0. The third-order valence-electron chi connectivity index (χ3n) is 5.23. The normalized spacial score (nSPS) is 26.5. The Bertz CT molecular complexity index is 547. The van der Waals surface area contributed by atoms with Crippen LogP contribution in [0, 0.1) is 0 Å². The lowest BCUT2D eigenvalue weighted by Gasteiger charge is -2.40. The predicted octanol–water partition coefficient (Wildman–Crippen LogP) is 2.33. The molecule has 1 N–H and O–H groups in total. The van der Waals surface area contributed by atoms with Crippen molar-refractivity contribution in [2.24, 2.45) is 0 Å². The summed E-state index contributed by atoms with van der Waals surface area (Å²) in [7, 11) is 0. The minimum absolute atomic E-state index is 0. The summed E-state index contributed by atoms with van der Waals surface area (Å²) in [5.41, 5.74) is 1.31. The summed E-state index contributed by atoms with van der Waals surface area (Å²) in [6.45, 7) is 9.33. The number of carbonyl (C=O) groups is 1. The maximum Gasteiger partial charge on any atom is 0.225 e. The standard InChI is InChI=1S/C19H29N3O2.2ClH/c1-15-16(2)22(9-8-20-15)19(23)12-18-14-21(10-11-24-18)13-17-6-4-3-5-7-17;;/h3-7,15-16,18,20H,8-14H2,1-2H3;2*1H. The van der Waals surface area contributed by atoms with Crippen LogP contribution in [0.2, 0.25) is 0 Å². The fraction of sp³-hybridized carbons (Fsp3) is 0.632. The van der Waals surface area contributed by atoms with Crippen molar-refractivity contribution in [3.8, 4) is 0 Å².